The van der Waals surface area contributed by atoms with Crippen molar-refractivity contribution in [3.8, 4) is 0 Å². The molecule has 1 fully saturated rings. The number of benzene rings is 2. The average Bonchev–Trinajstić information content (AvgIpc) is 3.05. The molecule has 2 aliphatic rings. The maximum absolute atomic E-state index is 12.8. The summed E-state index contributed by atoms with van der Waals surface area (Å²) in [4.78, 5) is 52.3. The van der Waals surface area contributed by atoms with E-state index in [9.17, 15) is 24.3 Å². The predicted octanol–water partition coefficient (Wildman–Crippen LogP) is 2.88. The lowest BCUT2D eigenvalue weighted by Gasteiger charge is -2.28. The number of aliphatic carboxylic acids is 1. The summed E-state index contributed by atoms with van der Waals surface area (Å²) < 4.78 is 0. The van der Waals surface area contributed by atoms with Crippen molar-refractivity contribution in [3.63, 3.8) is 0 Å². The number of rotatable bonds is 9. The number of carboxylic acid groups (broad SMARTS) is 1. The zero-order valence-electron chi connectivity index (χ0n) is 18.3. The van der Waals surface area contributed by atoms with Gasteiger partial charge in [0, 0.05) is 25.9 Å². The molecule has 2 heterocycles. The highest BCUT2D eigenvalue weighted by atomic mass is 16.4. The molecule has 2 atom stereocenters. The molecule has 0 spiro atoms. The van der Waals surface area contributed by atoms with Crippen LogP contribution < -0.4 is 5.32 Å². The van der Waals surface area contributed by atoms with Gasteiger partial charge < -0.3 is 15.3 Å². The van der Waals surface area contributed by atoms with Crippen LogP contribution in [0.5, 0.6) is 0 Å². The van der Waals surface area contributed by atoms with Crippen LogP contribution in [0.2, 0.25) is 0 Å². The van der Waals surface area contributed by atoms with Gasteiger partial charge in [-0.3, -0.25) is 14.5 Å². The number of carbonyl (C=O) groups is 4. The molecule has 2 aromatic carbocycles. The molecule has 4 rings (SSSR count). The van der Waals surface area contributed by atoms with Crippen LogP contribution in [0.4, 0.5) is 4.79 Å². The van der Waals surface area contributed by atoms with E-state index in [1.807, 2.05) is 24.3 Å². The van der Waals surface area contributed by atoms with Crippen molar-refractivity contribution in [2.45, 2.75) is 50.7 Å². The predicted molar refractivity (Wildman–Crippen MR) is 120 cm³/mol. The molecule has 0 radical (unpaired) electrons. The lowest BCUT2D eigenvalue weighted by molar-refractivity contribution is -0.142. The molecule has 8 nitrogen and oxygen atoms in total. The van der Waals surface area contributed by atoms with E-state index < -0.39 is 18.1 Å². The topological polar surface area (TPSA) is 107 Å². The standard InChI is InChI=1S/C25H27N3O5/c29-21(26-22(24(31)32)17-9-3-1-4-10-17)13-5-2-8-14-27-23(30)20-15-18-11-6-7-12-19(18)16-28(20)25(27)33/h1,3-4,6-7,9-12,20,22H,2,5,8,13-16H2,(H,26,29)(H,31,32)/t20-,22-/m1/s1. The number of fused-ring (bicyclic) bond motifs is 2. The second-order valence-electron chi connectivity index (χ2n) is 8.45. The molecule has 0 saturated carbocycles. The van der Waals surface area contributed by atoms with Gasteiger partial charge in [-0.25, -0.2) is 9.59 Å². The number of carbonyl (C=O) groups excluding carboxylic acids is 3. The second kappa shape index (κ2) is 9.85. The van der Waals surface area contributed by atoms with E-state index in [4.69, 9.17) is 0 Å². The van der Waals surface area contributed by atoms with Gasteiger partial charge in [-0.05, 0) is 29.5 Å². The summed E-state index contributed by atoms with van der Waals surface area (Å²) in [6.45, 7) is 0.776. The van der Waals surface area contributed by atoms with Gasteiger partial charge in [0.25, 0.3) is 5.91 Å². The largest absolute Gasteiger partial charge is 0.479 e. The maximum atomic E-state index is 12.8. The lowest BCUT2D eigenvalue weighted by Crippen LogP contribution is -2.39. The Labute approximate surface area is 192 Å². The third-order valence-electron chi connectivity index (χ3n) is 6.25. The Morgan fingerprint density at radius 3 is 2.39 bits per heavy atom. The van der Waals surface area contributed by atoms with Crippen LogP contribution in [0.15, 0.2) is 54.6 Å². The van der Waals surface area contributed by atoms with Crippen LogP contribution >= 0.6 is 0 Å². The minimum absolute atomic E-state index is 0.153. The third-order valence-corrected chi connectivity index (χ3v) is 6.25. The van der Waals surface area contributed by atoms with Gasteiger partial charge in [-0.15, -0.1) is 0 Å². The van der Waals surface area contributed by atoms with Crippen molar-refractivity contribution < 1.29 is 24.3 Å². The van der Waals surface area contributed by atoms with E-state index in [-0.39, 0.29) is 24.3 Å². The van der Waals surface area contributed by atoms with Gasteiger partial charge in [0.1, 0.15) is 6.04 Å². The first-order chi connectivity index (χ1) is 16.0. The molecule has 2 aromatic rings. The van der Waals surface area contributed by atoms with Crippen molar-refractivity contribution >= 4 is 23.8 Å². The van der Waals surface area contributed by atoms with Crippen molar-refractivity contribution in [1.29, 1.82) is 0 Å². The number of amides is 4. The summed E-state index contributed by atoms with van der Waals surface area (Å²) >= 11 is 0. The van der Waals surface area contributed by atoms with Crippen molar-refractivity contribution in [2.75, 3.05) is 6.54 Å². The maximum Gasteiger partial charge on any atom is 0.330 e. The van der Waals surface area contributed by atoms with Gasteiger partial charge in [0.2, 0.25) is 5.91 Å². The molecule has 0 unspecified atom stereocenters. The number of nitrogens with one attached hydrogen (secondary N) is 1. The van der Waals surface area contributed by atoms with E-state index in [1.165, 1.54) is 4.90 Å². The second-order valence-corrected chi connectivity index (χ2v) is 8.45. The molecule has 4 amide bonds. The highest BCUT2D eigenvalue weighted by molar-refractivity contribution is 6.04. The number of nitrogens with zero attached hydrogens (tertiary/aromatic N) is 2. The summed E-state index contributed by atoms with van der Waals surface area (Å²) in [5.41, 5.74) is 2.71. The quantitative estimate of drug-likeness (QED) is 0.452. The molecule has 2 N–H and O–H groups in total. The Bertz CT molecular complexity index is 1010. The molecule has 33 heavy (non-hydrogen) atoms. The van der Waals surface area contributed by atoms with Crippen LogP contribution in [0, 0.1) is 0 Å². The summed E-state index contributed by atoms with van der Waals surface area (Å²) in [6.07, 6.45) is 2.52. The zero-order valence-corrected chi connectivity index (χ0v) is 18.3. The van der Waals surface area contributed by atoms with Crippen molar-refractivity contribution in [2.24, 2.45) is 0 Å². The van der Waals surface area contributed by atoms with Gasteiger partial charge in [0.05, 0.1) is 0 Å². The van der Waals surface area contributed by atoms with Gasteiger partial charge in [-0.1, -0.05) is 61.0 Å². The number of carboxylic acids is 1. The minimum Gasteiger partial charge on any atom is -0.479 e. The first kappa shape index (κ1) is 22.5. The summed E-state index contributed by atoms with van der Waals surface area (Å²) in [5, 5.41) is 12.0. The number of imide groups is 1. The summed E-state index contributed by atoms with van der Waals surface area (Å²) in [6, 6.07) is 14.7. The Balaban J connectivity index is 1.22. The zero-order chi connectivity index (χ0) is 23.4. The number of urea groups is 1. The number of unbranched alkanes of at least 4 members (excludes halogenated alkanes) is 2. The molecular weight excluding hydrogens is 422 g/mol. The highest BCUT2D eigenvalue weighted by Crippen LogP contribution is 2.30. The Morgan fingerprint density at radius 2 is 1.67 bits per heavy atom. The van der Waals surface area contributed by atoms with Crippen molar-refractivity contribution in [1.82, 2.24) is 15.1 Å². The highest BCUT2D eigenvalue weighted by Gasteiger charge is 2.46. The van der Waals surface area contributed by atoms with Gasteiger partial charge in [0.15, 0.2) is 6.04 Å². The van der Waals surface area contributed by atoms with Gasteiger partial charge >= 0.3 is 12.0 Å². The van der Waals surface area contributed by atoms with Crippen LogP contribution in [0.3, 0.4) is 0 Å². The number of hydrogen-bond donors (Lipinski definition) is 2. The molecule has 8 heteroatoms. The normalized spacial score (nSPS) is 18.0. The van der Waals surface area contributed by atoms with Crippen LogP contribution in [-0.2, 0) is 27.3 Å². The lowest BCUT2D eigenvalue weighted by atomic mass is 9.95. The SMILES string of the molecule is O=C(CCCCCN1C(=O)[C@H]2Cc3ccccc3CN2C1=O)N[C@@H](C(=O)O)c1ccccc1. The average molecular weight is 450 g/mol. The first-order valence-corrected chi connectivity index (χ1v) is 11.2. The van der Waals surface area contributed by atoms with E-state index in [0.717, 1.165) is 11.1 Å². The van der Waals surface area contributed by atoms with E-state index in [2.05, 4.69) is 5.32 Å². The fourth-order valence-corrected chi connectivity index (χ4v) is 4.48. The summed E-state index contributed by atoms with van der Waals surface area (Å²) in [7, 11) is 0. The molecule has 172 valence electrons. The van der Waals surface area contributed by atoms with E-state index in [0.29, 0.717) is 44.3 Å². The molecular formula is C25H27N3O5. The Hall–Kier alpha value is -3.68. The minimum atomic E-state index is -1.11. The summed E-state index contributed by atoms with van der Waals surface area (Å²) in [5.74, 6) is -1.60. The molecule has 0 aliphatic carbocycles. The molecule has 2 aliphatic heterocycles. The third kappa shape index (κ3) is 4.89. The fourth-order valence-electron chi connectivity index (χ4n) is 4.48. The van der Waals surface area contributed by atoms with Gasteiger partial charge in [-0.2, -0.15) is 0 Å². The fraction of sp³-hybridized carbons (Fsp3) is 0.360. The number of hydrogen-bond acceptors (Lipinski definition) is 4. The van der Waals surface area contributed by atoms with Crippen LogP contribution in [0.1, 0.15) is 48.4 Å². The smallest absolute Gasteiger partial charge is 0.330 e. The van der Waals surface area contributed by atoms with E-state index in [1.54, 1.807) is 35.2 Å². The van der Waals surface area contributed by atoms with Crippen LogP contribution in [-0.4, -0.2) is 51.3 Å². The Kier molecular flexibility index (Phi) is 6.72. The van der Waals surface area contributed by atoms with Crippen molar-refractivity contribution in [3.05, 3.63) is 71.3 Å². The molecule has 0 bridgehead atoms. The molecule has 1 saturated heterocycles. The monoisotopic (exact) mass is 449 g/mol. The molecule has 0 aromatic heterocycles. The van der Waals surface area contributed by atoms with Crippen LogP contribution in [0.25, 0.3) is 0 Å². The Morgan fingerprint density at radius 1 is 0.970 bits per heavy atom. The first-order valence-electron chi connectivity index (χ1n) is 11.2. The van der Waals surface area contributed by atoms with E-state index >= 15 is 0 Å².